The average Bonchev–Trinajstić information content (AvgIpc) is 2.75. The summed E-state index contributed by atoms with van der Waals surface area (Å²) in [6, 6.07) is 7.07. The van der Waals surface area contributed by atoms with E-state index in [1.54, 1.807) is 48.7 Å². The Kier molecular flexibility index (Phi) is 5.62. The highest BCUT2D eigenvalue weighted by molar-refractivity contribution is 5.57. The lowest BCUT2D eigenvalue weighted by Gasteiger charge is -2.32. The number of piperidine rings is 1. The average molecular weight is 392 g/mol. The molecule has 0 N–H and O–H groups in total. The van der Waals surface area contributed by atoms with Crippen molar-refractivity contribution in [3.63, 3.8) is 0 Å². The van der Waals surface area contributed by atoms with Crippen LogP contribution in [0.1, 0.15) is 18.4 Å². The molecule has 0 aromatic carbocycles. The maximum absolute atomic E-state index is 12.5. The highest BCUT2D eigenvalue weighted by atomic mass is 16.1. The number of pyridine rings is 1. The Labute approximate surface area is 168 Å². The van der Waals surface area contributed by atoms with Crippen LogP contribution in [0.25, 0.3) is 11.3 Å². The Morgan fingerprint density at radius 3 is 2.55 bits per heavy atom. The fourth-order valence-corrected chi connectivity index (χ4v) is 3.76. The largest absolute Gasteiger partial charge is 0.299 e. The number of aromatic nitrogens is 5. The summed E-state index contributed by atoms with van der Waals surface area (Å²) in [5.74, 6) is 0.429. The van der Waals surface area contributed by atoms with E-state index >= 15 is 0 Å². The smallest absolute Gasteiger partial charge is 0.270 e. The first-order valence-corrected chi connectivity index (χ1v) is 9.80. The molecule has 0 bridgehead atoms. The molecule has 3 aromatic heterocycles. The van der Waals surface area contributed by atoms with E-state index in [0.29, 0.717) is 24.7 Å². The Balaban J connectivity index is 1.36. The highest BCUT2D eigenvalue weighted by Gasteiger charge is 2.21. The van der Waals surface area contributed by atoms with Crippen LogP contribution in [0.2, 0.25) is 0 Å². The molecule has 0 atom stereocenters. The zero-order valence-corrected chi connectivity index (χ0v) is 16.4. The first-order chi connectivity index (χ1) is 14.1. The summed E-state index contributed by atoms with van der Waals surface area (Å²) in [4.78, 5) is 35.4. The molecule has 150 valence electrons. The van der Waals surface area contributed by atoms with Crippen LogP contribution in [0.4, 0.5) is 0 Å². The van der Waals surface area contributed by atoms with Crippen LogP contribution < -0.4 is 11.1 Å². The zero-order chi connectivity index (χ0) is 20.2. The summed E-state index contributed by atoms with van der Waals surface area (Å²) in [6.07, 6.45) is 8.67. The molecule has 0 aliphatic carbocycles. The predicted molar refractivity (Wildman–Crippen MR) is 109 cm³/mol. The number of nitrogens with zero attached hydrogens (tertiary/aromatic N) is 6. The maximum atomic E-state index is 12.5. The molecule has 1 aliphatic rings. The van der Waals surface area contributed by atoms with E-state index < -0.39 is 0 Å². The molecule has 0 saturated carbocycles. The summed E-state index contributed by atoms with van der Waals surface area (Å²) >= 11 is 0. The molecule has 29 heavy (non-hydrogen) atoms. The fourth-order valence-electron chi connectivity index (χ4n) is 3.76. The second kappa shape index (κ2) is 8.48. The summed E-state index contributed by atoms with van der Waals surface area (Å²) in [5, 5.41) is 3.97. The van der Waals surface area contributed by atoms with Gasteiger partial charge in [-0.15, -0.1) is 0 Å². The molecule has 0 amide bonds. The van der Waals surface area contributed by atoms with Gasteiger partial charge in [0.1, 0.15) is 0 Å². The quantitative estimate of drug-likeness (QED) is 0.651. The van der Waals surface area contributed by atoms with Gasteiger partial charge in [0.25, 0.3) is 11.1 Å². The summed E-state index contributed by atoms with van der Waals surface area (Å²) in [5.41, 5.74) is 2.26. The number of aryl methyl sites for hydroxylation is 1. The van der Waals surface area contributed by atoms with E-state index in [2.05, 4.69) is 20.0 Å². The molecule has 1 aliphatic heterocycles. The Hall–Kier alpha value is -3.13. The lowest BCUT2D eigenvalue weighted by atomic mass is 9.96. The van der Waals surface area contributed by atoms with E-state index in [9.17, 15) is 9.59 Å². The summed E-state index contributed by atoms with van der Waals surface area (Å²) in [7, 11) is 1.67. The van der Waals surface area contributed by atoms with Crippen molar-refractivity contribution in [2.45, 2.75) is 25.9 Å². The molecule has 4 heterocycles. The second-order valence-corrected chi connectivity index (χ2v) is 7.51. The van der Waals surface area contributed by atoms with Crippen LogP contribution in [0, 0.1) is 5.92 Å². The van der Waals surface area contributed by atoms with Crippen LogP contribution in [-0.2, 0) is 20.1 Å². The van der Waals surface area contributed by atoms with E-state index in [1.807, 2.05) is 12.1 Å². The second-order valence-electron chi connectivity index (χ2n) is 7.51. The minimum Gasteiger partial charge on any atom is -0.299 e. The van der Waals surface area contributed by atoms with Gasteiger partial charge < -0.3 is 0 Å². The third-order valence-corrected chi connectivity index (χ3v) is 5.50. The standard InChI is InChI=1S/C21H24N6O2/c1-25-21(29)18(4-9-24-25)14-26-10-5-16(6-11-26)13-27-15-23-19(12-20(27)28)17-2-7-22-8-3-17/h2-4,7-9,12,15-16H,5-6,10-11,13-14H2,1H3. The monoisotopic (exact) mass is 392 g/mol. The lowest BCUT2D eigenvalue weighted by molar-refractivity contribution is 0.165. The predicted octanol–water partition coefficient (Wildman–Crippen LogP) is 1.31. The highest BCUT2D eigenvalue weighted by Crippen LogP contribution is 2.20. The van der Waals surface area contributed by atoms with Crippen molar-refractivity contribution in [1.29, 1.82) is 0 Å². The molecular formula is C21H24N6O2. The summed E-state index contributed by atoms with van der Waals surface area (Å²) in [6.45, 7) is 3.14. The molecule has 8 nitrogen and oxygen atoms in total. The Morgan fingerprint density at radius 2 is 1.83 bits per heavy atom. The zero-order valence-electron chi connectivity index (χ0n) is 16.4. The fraction of sp³-hybridized carbons (Fsp3) is 0.381. The normalized spacial score (nSPS) is 15.5. The van der Waals surface area contributed by atoms with Gasteiger partial charge in [-0.25, -0.2) is 9.67 Å². The number of hydrogen-bond acceptors (Lipinski definition) is 6. The van der Waals surface area contributed by atoms with Crippen molar-refractivity contribution in [2.75, 3.05) is 13.1 Å². The lowest BCUT2D eigenvalue weighted by Crippen LogP contribution is -2.37. The van der Waals surface area contributed by atoms with E-state index in [-0.39, 0.29) is 11.1 Å². The first kappa shape index (κ1) is 19.2. The molecular weight excluding hydrogens is 368 g/mol. The Bertz CT molecular complexity index is 1080. The molecule has 8 heteroatoms. The van der Waals surface area contributed by atoms with Crippen molar-refractivity contribution < 1.29 is 0 Å². The van der Waals surface area contributed by atoms with Crippen molar-refractivity contribution in [1.82, 2.24) is 29.2 Å². The molecule has 1 saturated heterocycles. The molecule has 4 rings (SSSR count). The minimum absolute atomic E-state index is 0.0328. The van der Waals surface area contributed by atoms with Crippen molar-refractivity contribution in [3.8, 4) is 11.3 Å². The van der Waals surface area contributed by atoms with Crippen LogP contribution in [0.5, 0.6) is 0 Å². The van der Waals surface area contributed by atoms with Gasteiger partial charge in [-0.2, -0.15) is 5.10 Å². The van der Waals surface area contributed by atoms with Crippen molar-refractivity contribution >= 4 is 0 Å². The topological polar surface area (TPSA) is 85.9 Å². The van der Waals surface area contributed by atoms with Crippen LogP contribution in [0.3, 0.4) is 0 Å². The van der Waals surface area contributed by atoms with E-state index in [0.717, 1.165) is 37.1 Å². The van der Waals surface area contributed by atoms with Crippen LogP contribution in [0.15, 0.2) is 58.8 Å². The van der Waals surface area contributed by atoms with Gasteiger partial charge in [0, 0.05) is 55.9 Å². The van der Waals surface area contributed by atoms with Crippen LogP contribution in [-0.4, -0.2) is 42.3 Å². The van der Waals surface area contributed by atoms with Gasteiger partial charge in [-0.1, -0.05) is 0 Å². The van der Waals surface area contributed by atoms with Gasteiger partial charge in [0.2, 0.25) is 0 Å². The molecule has 0 spiro atoms. The Morgan fingerprint density at radius 1 is 1.07 bits per heavy atom. The maximum Gasteiger partial charge on any atom is 0.270 e. The molecule has 1 fully saturated rings. The third-order valence-electron chi connectivity index (χ3n) is 5.50. The SMILES string of the molecule is Cn1nccc(CN2CCC(Cn3cnc(-c4ccncc4)cc3=O)CC2)c1=O. The molecule has 3 aromatic rings. The van der Waals surface area contributed by atoms with Crippen molar-refractivity contribution in [2.24, 2.45) is 13.0 Å². The number of hydrogen-bond donors (Lipinski definition) is 0. The van der Waals surface area contributed by atoms with Crippen LogP contribution >= 0.6 is 0 Å². The van der Waals surface area contributed by atoms with Gasteiger partial charge in [0.05, 0.1) is 12.0 Å². The third kappa shape index (κ3) is 4.48. The summed E-state index contributed by atoms with van der Waals surface area (Å²) < 4.78 is 3.07. The molecule has 0 unspecified atom stereocenters. The van der Waals surface area contributed by atoms with Gasteiger partial charge >= 0.3 is 0 Å². The number of likely N-dealkylation sites (tertiary alicyclic amines) is 1. The first-order valence-electron chi connectivity index (χ1n) is 9.80. The van der Waals surface area contributed by atoms with E-state index in [4.69, 9.17) is 0 Å². The number of rotatable bonds is 5. The van der Waals surface area contributed by atoms with E-state index in [1.165, 1.54) is 4.68 Å². The van der Waals surface area contributed by atoms with Gasteiger partial charge in [0.15, 0.2) is 0 Å². The minimum atomic E-state index is -0.0402. The van der Waals surface area contributed by atoms with Gasteiger partial charge in [-0.05, 0) is 50.0 Å². The molecule has 0 radical (unpaired) electrons. The van der Waals surface area contributed by atoms with Crippen molar-refractivity contribution in [3.05, 3.63) is 75.5 Å². The van der Waals surface area contributed by atoms with Gasteiger partial charge in [-0.3, -0.25) is 24.0 Å².